The summed E-state index contributed by atoms with van der Waals surface area (Å²) in [5, 5.41) is 19.6. The standard InChI is InChI=1S/C29H35FN4O4/c1-29(2,37)18-33-13-11-32(12-14-33)17-21-7-9-25-26(27(21)35)23-15-22(30)8-10-24(23)34(25)16-19-3-5-20(6-4-19)28(36)31-38/h3-6,8,10,15,21,37-38H,7,9,11-14,16-18H2,1-2H3,(H,31,36). The van der Waals surface area contributed by atoms with Crippen LogP contribution in [-0.4, -0.2) is 81.2 Å². The molecule has 1 unspecified atom stereocenters. The van der Waals surface area contributed by atoms with E-state index in [2.05, 4.69) is 14.4 Å². The van der Waals surface area contributed by atoms with Gasteiger partial charge in [-0.05, 0) is 62.6 Å². The van der Waals surface area contributed by atoms with E-state index in [1.54, 1.807) is 23.7 Å². The lowest BCUT2D eigenvalue weighted by atomic mass is 9.84. The number of carbonyl (C=O) groups is 2. The highest BCUT2D eigenvalue weighted by atomic mass is 19.1. The molecule has 5 rings (SSSR count). The van der Waals surface area contributed by atoms with Gasteiger partial charge in [-0.25, -0.2) is 9.87 Å². The average molecular weight is 523 g/mol. The Morgan fingerprint density at radius 1 is 1.08 bits per heavy atom. The fourth-order valence-corrected chi connectivity index (χ4v) is 5.91. The lowest BCUT2D eigenvalue weighted by molar-refractivity contribution is 0.0157. The van der Waals surface area contributed by atoms with E-state index in [1.807, 2.05) is 26.0 Å². The highest BCUT2D eigenvalue weighted by Gasteiger charge is 2.34. The first-order valence-electron chi connectivity index (χ1n) is 13.2. The van der Waals surface area contributed by atoms with Crippen LogP contribution in [0.25, 0.3) is 10.9 Å². The third-order valence-electron chi connectivity index (χ3n) is 7.69. The molecule has 1 atom stereocenters. The molecule has 0 saturated carbocycles. The van der Waals surface area contributed by atoms with Gasteiger partial charge in [0.15, 0.2) is 5.78 Å². The average Bonchev–Trinajstić information content (AvgIpc) is 3.19. The summed E-state index contributed by atoms with van der Waals surface area (Å²) >= 11 is 0. The van der Waals surface area contributed by atoms with Crippen molar-refractivity contribution >= 4 is 22.6 Å². The van der Waals surface area contributed by atoms with Crippen LogP contribution in [0.3, 0.4) is 0 Å². The molecular weight excluding hydrogens is 487 g/mol. The number of nitrogens with zero attached hydrogens (tertiary/aromatic N) is 3. The summed E-state index contributed by atoms with van der Waals surface area (Å²) in [6, 6.07) is 11.5. The predicted octanol–water partition coefficient (Wildman–Crippen LogP) is 3.08. The van der Waals surface area contributed by atoms with E-state index in [0.29, 0.717) is 36.1 Å². The Labute approximate surface area is 221 Å². The van der Waals surface area contributed by atoms with Crippen molar-refractivity contribution in [2.75, 3.05) is 39.3 Å². The van der Waals surface area contributed by atoms with Crippen molar-refractivity contribution in [1.29, 1.82) is 0 Å². The summed E-state index contributed by atoms with van der Waals surface area (Å²) in [5.74, 6) is -1.00. The third kappa shape index (κ3) is 5.51. The molecule has 1 aromatic heterocycles. The number of rotatable bonds is 7. The van der Waals surface area contributed by atoms with Gasteiger partial charge in [-0.3, -0.25) is 19.7 Å². The zero-order valence-corrected chi connectivity index (χ0v) is 21.9. The zero-order chi connectivity index (χ0) is 27.0. The molecule has 2 aliphatic rings. The molecule has 1 aliphatic carbocycles. The molecule has 9 heteroatoms. The van der Waals surface area contributed by atoms with Crippen LogP contribution in [0.15, 0.2) is 42.5 Å². The van der Waals surface area contributed by atoms with Gasteiger partial charge in [0, 0.05) is 79.5 Å². The van der Waals surface area contributed by atoms with Crippen LogP contribution < -0.4 is 5.48 Å². The van der Waals surface area contributed by atoms with Gasteiger partial charge in [-0.15, -0.1) is 0 Å². The number of piperazine rings is 1. The number of hydroxylamine groups is 1. The van der Waals surface area contributed by atoms with Crippen molar-refractivity contribution < 1.29 is 24.3 Å². The number of halogens is 1. The normalized spacial score (nSPS) is 19.1. The number of ketones is 1. The summed E-state index contributed by atoms with van der Waals surface area (Å²) in [6.45, 7) is 8.88. The van der Waals surface area contributed by atoms with Gasteiger partial charge in [-0.1, -0.05) is 12.1 Å². The van der Waals surface area contributed by atoms with Crippen molar-refractivity contribution in [3.8, 4) is 0 Å². The Morgan fingerprint density at radius 3 is 2.42 bits per heavy atom. The molecule has 1 amide bonds. The molecule has 0 radical (unpaired) electrons. The number of β-amino-alcohol motifs (C(OH)–C–C–N with tert-alkyl or cyclic N) is 1. The minimum atomic E-state index is -0.725. The second-order valence-corrected chi connectivity index (χ2v) is 11.2. The number of fused-ring (bicyclic) bond motifs is 3. The Morgan fingerprint density at radius 2 is 1.76 bits per heavy atom. The molecule has 3 N–H and O–H groups in total. The number of carbonyl (C=O) groups excluding carboxylic acids is 2. The van der Waals surface area contributed by atoms with Crippen LogP contribution in [0.1, 0.15) is 52.2 Å². The zero-order valence-electron chi connectivity index (χ0n) is 21.9. The lowest BCUT2D eigenvalue weighted by Gasteiger charge is -2.38. The molecule has 1 fully saturated rings. The van der Waals surface area contributed by atoms with Gasteiger partial charge in [0.1, 0.15) is 5.82 Å². The Balaban J connectivity index is 1.36. The largest absolute Gasteiger partial charge is 0.389 e. The molecule has 2 aromatic carbocycles. The first kappa shape index (κ1) is 26.5. The van der Waals surface area contributed by atoms with E-state index in [-0.39, 0.29) is 17.5 Å². The fraction of sp³-hybridized carbons (Fsp3) is 0.448. The van der Waals surface area contributed by atoms with Gasteiger partial charge in [0.25, 0.3) is 5.91 Å². The van der Waals surface area contributed by atoms with Crippen molar-refractivity contribution in [1.82, 2.24) is 19.8 Å². The first-order valence-corrected chi connectivity index (χ1v) is 13.2. The fourth-order valence-electron chi connectivity index (χ4n) is 5.91. The second kappa shape index (κ2) is 10.6. The van der Waals surface area contributed by atoms with E-state index < -0.39 is 11.5 Å². The van der Waals surface area contributed by atoms with Gasteiger partial charge in [0.05, 0.1) is 5.60 Å². The van der Waals surface area contributed by atoms with Crippen molar-refractivity contribution in [3.05, 3.63) is 70.7 Å². The van der Waals surface area contributed by atoms with Crippen molar-refractivity contribution in [2.45, 2.75) is 38.8 Å². The molecule has 1 saturated heterocycles. The number of benzene rings is 2. The molecule has 8 nitrogen and oxygen atoms in total. The molecular formula is C29H35FN4O4. The first-order chi connectivity index (χ1) is 18.1. The summed E-state index contributed by atoms with van der Waals surface area (Å²) < 4.78 is 16.4. The van der Waals surface area contributed by atoms with Crippen LogP contribution in [0.2, 0.25) is 0 Å². The summed E-state index contributed by atoms with van der Waals surface area (Å²) in [5.41, 5.74) is 4.57. The molecule has 0 spiro atoms. The van der Waals surface area contributed by atoms with Crippen LogP contribution in [0, 0.1) is 11.7 Å². The van der Waals surface area contributed by atoms with Crippen LogP contribution in [0.4, 0.5) is 4.39 Å². The number of amides is 1. The van der Waals surface area contributed by atoms with Gasteiger partial charge < -0.3 is 14.6 Å². The number of nitrogens with one attached hydrogen (secondary N) is 1. The highest BCUT2D eigenvalue weighted by molar-refractivity contribution is 6.11. The third-order valence-corrected chi connectivity index (χ3v) is 7.69. The smallest absolute Gasteiger partial charge is 0.274 e. The van der Waals surface area contributed by atoms with E-state index in [9.17, 15) is 19.1 Å². The Bertz CT molecular complexity index is 1340. The quantitative estimate of drug-likeness (QED) is 0.326. The van der Waals surface area contributed by atoms with E-state index in [4.69, 9.17) is 5.21 Å². The second-order valence-electron chi connectivity index (χ2n) is 11.2. The topological polar surface area (TPSA) is 98.0 Å². The van der Waals surface area contributed by atoms with E-state index in [0.717, 1.165) is 55.8 Å². The minimum absolute atomic E-state index is 0.0782. The summed E-state index contributed by atoms with van der Waals surface area (Å²) in [4.78, 5) is 30.1. The van der Waals surface area contributed by atoms with E-state index >= 15 is 0 Å². The molecule has 0 bridgehead atoms. The Kier molecular flexibility index (Phi) is 7.37. The van der Waals surface area contributed by atoms with Crippen LogP contribution in [0.5, 0.6) is 0 Å². The van der Waals surface area contributed by atoms with Crippen molar-refractivity contribution in [2.24, 2.45) is 5.92 Å². The molecule has 3 aromatic rings. The number of hydrogen-bond acceptors (Lipinski definition) is 6. The minimum Gasteiger partial charge on any atom is -0.389 e. The van der Waals surface area contributed by atoms with Crippen molar-refractivity contribution in [3.63, 3.8) is 0 Å². The summed E-state index contributed by atoms with van der Waals surface area (Å²) in [6.07, 6.45) is 1.47. The highest BCUT2D eigenvalue weighted by Crippen LogP contribution is 2.36. The maximum absolute atomic E-state index is 14.3. The molecule has 1 aliphatic heterocycles. The maximum atomic E-state index is 14.3. The predicted molar refractivity (Wildman–Crippen MR) is 142 cm³/mol. The van der Waals surface area contributed by atoms with Gasteiger partial charge in [0.2, 0.25) is 0 Å². The molecule has 2 heterocycles. The number of hydrogen-bond donors (Lipinski definition) is 3. The lowest BCUT2D eigenvalue weighted by Crippen LogP contribution is -2.51. The number of aromatic nitrogens is 1. The van der Waals surface area contributed by atoms with Crippen LogP contribution >= 0.6 is 0 Å². The Hall–Kier alpha value is -3.11. The molecule has 38 heavy (non-hydrogen) atoms. The number of aliphatic hydroxyl groups is 1. The maximum Gasteiger partial charge on any atom is 0.274 e. The van der Waals surface area contributed by atoms with Crippen LogP contribution in [-0.2, 0) is 13.0 Å². The van der Waals surface area contributed by atoms with Gasteiger partial charge >= 0.3 is 0 Å². The van der Waals surface area contributed by atoms with Gasteiger partial charge in [-0.2, -0.15) is 0 Å². The summed E-state index contributed by atoms with van der Waals surface area (Å²) in [7, 11) is 0. The monoisotopic (exact) mass is 522 g/mol. The molecule has 202 valence electrons. The van der Waals surface area contributed by atoms with E-state index in [1.165, 1.54) is 12.1 Å². The SMILES string of the molecule is CC(C)(O)CN1CCN(CC2CCc3c(c4cc(F)ccc4n3Cc3ccc(C(=O)NO)cc3)C2=O)CC1. The number of Topliss-reactive ketones (excluding diaryl/α,β-unsaturated/α-hetero) is 1.